The summed E-state index contributed by atoms with van der Waals surface area (Å²) in [4.78, 5) is 10.8. The van der Waals surface area contributed by atoms with Crippen LogP contribution in [0.25, 0.3) is 0 Å². The number of benzene rings is 2. The van der Waals surface area contributed by atoms with Crippen molar-refractivity contribution in [3.05, 3.63) is 70.8 Å². The van der Waals surface area contributed by atoms with Crippen LogP contribution < -0.4 is 0 Å². The van der Waals surface area contributed by atoms with Gasteiger partial charge in [-0.2, -0.15) is 0 Å². The molecule has 0 amide bonds. The molecular formula is C24H32O3. The van der Waals surface area contributed by atoms with Crippen LogP contribution in [0.3, 0.4) is 0 Å². The number of carboxylic acids is 1. The molecule has 2 aromatic carbocycles. The van der Waals surface area contributed by atoms with E-state index in [1.807, 2.05) is 18.2 Å². The summed E-state index contributed by atoms with van der Waals surface area (Å²) < 4.78 is 5.91. The van der Waals surface area contributed by atoms with Crippen LogP contribution in [0.15, 0.2) is 48.5 Å². The molecule has 0 aliphatic carbocycles. The Balaban J connectivity index is 1.93. The maximum Gasteiger partial charge on any atom is 0.303 e. The van der Waals surface area contributed by atoms with Crippen molar-refractivity contribution in [3.8, 4) is 0 Å². The zero-order valence-electron chi connectivity index (χ0n) is 16.6. The van der Waals surface area contributed by atoms with Crippen LogP contribution in [0.1, 0.15) is 55.4 Å². The third-order valence-corrected chi connectivity index (χ3v) is 4.73. The van der Waals surface area contributed by atoms with Gasteiger partial charge in [-0.25, -0.2) is 0 Å². The second kappa shape index (κ2) is 11.6. The highest BCUT2D eigenvalue weighted by atomic mass is 16.5. The summed E-state index contributed by atoms with van der Waals surface area (Å²) in [5.41, 5.74) is 5.20. The van der Waals surface area contributed by atoms with Crippen LogP contribution >= 0.6 is 0 Å². The molecule has 2 rings (SSSR count). The fourth-order valence-electron chi connectivity index (χ4n) is 3.37. The molecule has 0 fully saturated rings. The Bertz CT molecular complexity index is 694. The third kappa shape index (κ3) is 7.96. The SMILES string of the molecule is CCCc1ccc(CCCC(=O)O)c(CC(C)COCc2ccccc2)c1. The third-order valence-electron chi connectivity index (χ3n) is 4.73. The molecule has 0 saturated heterocycles. The second-order valence-electron chi connectivity index (χ2n) is 7.41. The van der Waals surface area contributed by atoms with Crippen LogP contribution in [-0.2, 0) is 35.4 Å². The molecule has 0 aliphatic rings. The first kappa shape index (κ1) is 21.2. The standard InChI is InChI=1S/C24H32O3/c1-3-8-20-13-14-22(11-7-12-24(25)26)23(16-20)15-19(2)17-27-18-21-9-5-4-6-10-21/h4-6,9-10,13-14,16,19H,3,7-8,11-12,15,17-18H2,1-2H3,(H,25,26). The average Bonchev–Trinajstić information content (AvgIpc) is 2.64. The summed E-state index contributed by atoms with van der Waals surface area (Å²) in [6.45, 7) is 5.78. The molecule has 2 aromatic rings. The minimum atomic E-state index is -0.721. The van der Waals surface area contributed by atoms with Gasteiger partial charge in [-0.05, 0) is 53.9 Å². The van der Waals surface area contributed by atoms with Gasteiger partial charge >= 0.3 is 5.97 Å². The van der Waals surface area contributed by atoms with Crippen molar-refractivity contribution in [2.75, 3.05) is 6.61 Å². The molecule has 0 aromatic heterocycles. The number of aliphatic carboxylic acids is 1. The minimum absolute atomic E-state index is 0.228. The van der Waals surface area contributed by atoms with Gasteiger partial charge in [0.25, 0.3) is 0 Å². The van der Waals surface area contributed by atoms with E-state index >= 15 is 0 Å². The van der Waals surface area contributed by atoms with Crippen molar-refractivity contribution in [2.45, 2.75) is 59.0 Å². The number of hydrogen-bond donors (Lipinski definition) is 1. The van der Waals surface area contributed by atoms with Crippen LogP contribution in [-0.4, -0.2) is 17.7 Å². The van der Waals surface area contributed by atoms with E-state index in [2.05, 4.69) is 44.2 Å². The monoisotopic (exact) mass is 368 g/mol. The molecule has 0 heterocycles. The summed E-state index contributed by atoms with van der Waals surface area (Å²) >= 11 is 0. The zero-order chi connectivity index (χ0) is 19.5. The molecule has 3 nitrogen and oxygen atoms in total. The number of rotatable bonds is 12. The second-order valence-corrected chi connectivity index (χ2v) is 7.41. The molecule has 3 heteroatoms. The Morgan fingerprint density at radius 3 is 2.52 bits per heavy atom. The molecule has 0 bridgehead atoms. The number of aryl methyl sites for hydroxylation is 2. The normalized spacial score (nSPS) is 12.1. The lowest BCUT2D eigenvalue weighted by Crippen LogP contribution is -2.11. The Hall–Kier alpha value is -2.13. The topological polar surface area (TPSA) is 46.5 Å². The first-order valence-electron chi connectivity index (χ1n) is 10.0. The van der Waals surface area contributed by atoms with Gasteiger partial charge in [-0.15, -0.1) is 0 Å². The van der Waals surface area contributed by atoms with Crippen molar-refractivity contribution >= 4 is 5.97 Å². The quantitative estimate of drug-likeness (QED) is 0.542. The van der Waals surface area contributed by atoms with Gasteiger partial charge in [0, 0.05) is 13.0 Å². The van der Waals surface area contributed by atoms with E-state index in [1.165, 1.54) is 22.3 Å². The summed E-state index contributed by atoms with van der Waals surface area (Å²) in [6, 6.07) is 16.9. The van der Waals surface area contributed by atoms with Crippen LogP contribution in [0.5, 0.6) is 0 Å². The molecule has 0 radical (unpaired) electrons. The van der Waals surface area contributed by atoms with Crippen molar-refractivity contribution in [1.29, 1.82) is 0 Å². The highest BCUT2D eigenvalue weighted by Gasteiger charge is 2.10. The largest absolute Gasteiger partial charge is 0.481 e. The number of carboxylic acid groups (broad SMARTS) is 1. The predicted molar refractivity (Wildman–Crippen MR) is 110 cm³/mol. The zero-order valence-corrected chi connectivity index (χ0v) is 16.6. The summed E-state index contributed by atoms with van der Waals surface area (Å²) in [6.07, 6.45) is 4.93. The molecular weight excluding hydrogens is 336 g/mol. The van der Waals surface area contributed by atoms with E-state index < -0.39 is 5.97 Å². The van der Waals surface area contributed by atoms with Crippen molar-refractivity contribution < 1.29 is 14.6 Å². The van der Waals surface area contributed by atoms with Crippen molar-refractivity contribution in [2.24, 2.45) is 5.92 Å². The van der Waals surface area contributed by atoms with Gasteiger partial charge in [0.15, 0.2) is 0 Å². The van der Waals surface area contributed by atoms with Crippen LogP contribution in [0.2, 0.25) is 0 Å². The maximum absolute atomic E-state index is 10.8. The Morgan fingerprint density at radius 1 is 1.04 bits per heavy atom. The first-order chi connectivity index (χ1) is 13.1. The van der Waals surface area contributed by atoms with Gasteiger partial charge in [0.1, 0.15) is 0 Å². The van der Waals surface area contributed by atoms with Gasteiger partial charge in [0.2, 0.25) is 0 Å². The highest BCUT2D eigenvalue weighted by Crippen LogP contribution is 2.20. The number of hydrogen-bond acceptors (Lipinski definition) is 2. The fraction of sp³-hybridized carbons (Fsp3) is 0.458. The van der Waals surface area contributed by atoms with E-state index in [1.54, 1.807) is 0 Å². The van der Waals surface area contributed by atoms with Gasteiger partial charge in [0.05, 0.1) is 6.61 Å². The minimum Gasteiger partial charge on any atom is -0.481 e. The summed E-state index contributed by atoms with van der Waals surface area (Å²) in [7, 11) is 0. The smallest absolute Gasteiger partial charge is 0.303 e. The highest BCUT2D eigenvalue weighted by molar-refractivity contribution is 5.66. The first-order valence-corrected chi connectivity index (χ1v) is 10.0. The molecule has 0 aliphatic heterocycles. The summed E-state index contributed by atoms with van der Waals surface area (Å²) in [5.74, 6) is -0.300. The van der Waals surface area contributed by atoms with E-state index in [-0.39, 0.29) is 6.42 Å². The van der Waals surface area contributed by atoms with E-state index in [4.69, 9.17) is 9.84 Å². The van der Waals surface area contributed by atoms with Gasteiger partial charge in [-0.3, -0.25) is 4.79 Å². The maximum atomic E-state index is 10.8. The van der Waals surface area contributed by atoms with Crippen molar-refractivity contribution in [1.82, 2.24) is 0 Å². The Kier molecular flexibility index (Phi) is 9.06. The average molecular weight is 369 g/mol. The molecule has 146 valence electrons. The Morgan fingerprint density at radius 2 is 1.81 bits per heavy atom. The van der Waals surface area contributed by atoms with E-state index in [0.717, 1.165) is 32.3 Å². The van der Waals surface area contributed by atoms with Gasteiger partial charge < -0.3 is 9.84 Å². The molecule has 1 N–H and O–H groups in total. The summed E-state index contributed by atoms with van der Waals surface area (Å²) in [5, 5.41) is 8.89. The lowest BCUT2D eigenvalue weighted by atomic mass is 9.92. The lowest BCUT2D eigenvalue weighted by Gasteiger charge is -2.17. The van der Waals surface area contributed by atoms with Crippen LogP contribution in [0.4, 0.5) is 0 Å². The fourth-order valence-corrected chi connectivity index (χ4v) is 3.37. The molecule has 1 atom stereocenters. The lowest BCUT2D eigenvalue weighted by molar-refractivity contribution is -0.137. The van der Waals surface area contributed by atoms with Crippen molar-refractivity contribution in [3.63, 3.8) is 0 Å². The molecule has 1 unspecified atom stereocenters. The number of ether oxygens (including phenoxy) is 1. The van der Waals surface area contributed by atoms with Gasteiger partial charge in [-0.1, -0.05) is 68.8 Å². The molecule has 0 saturated carbocycles. The van der Waals surface area contributed by atoms with E-state index in [0.29, 0.717) is 18.9 Å². The predicted octanol–water partition coefficient (Wildman–Crippen LogP) is 5.44. The van der Waals surface area contributed by atoms with E-state index in [9.17, 15) is 4.79 Å². The Labute approximate surface area is 163 Å². The number of carbonyl (C=O) groups is 1. The molecule has 0 spiro atoms. The van der Waals surface area contributed by atoms with Crippen LogP contribution in [0, 0.1) is 5.92 Å². The molecule has 27 heavy (non-hydrogen) atoms.